The average molecular weight is 587 g/mol. The van der Waals surface area contributed by atoms with Gasteiger partial charge in [0, 0.05) is 62.5 Å². The Labute approximate surface area is 251 Å². The van der Waals surface area contributed by atoms with Gasteiger partial charge in [0.1, 0.15) is 5.75 Å². The number of piperazine rings is 1. The van der Waals surface area contributed by atoms with Crippen LogP contribution in [0.4, 0.5) is 4.79 Å². The number of nitrogens with zero attached hydrogens (tertiary/aromatic N) is 4. The number of amidine groups is 1. The number of urea groups is 1. The van der Waals surface area contributed by atoms with Gasteiger partial charge in [-0.05, 0) is 54.8 Å². The van der Waals surface area contributed by atoms with E-state index in [9.17, 15) is 19.6 Å². The normalized spacial score (nSPS) is 20.8. The van der Waals surface area contributed by atoms with Gasteiger partial charge in [-0.15, -0.1) is 0 Å². The number of benzene rings is 2. The number of oxime groups is 1. The van der Waals surface area contributed by atoms with Gasteiger partial charge in [-0.3, -0.25) is 19.8 Å². The molecule has 1 saturated carbocycles. The second-order valence-electron chi connectivity index (χ2n) is 11.2. The van der Waals surface area contributed by atoms with E-state index in [-0.39, 0.29) is 5.91 Å². The van der Waals surface area contributed by atoms with Crippen LogP contribution in [0.1, 0.15) is 59.2 Å². The molecule has 4 aliphatic rings. The van der Waals surface area contributed by atoms with Crippen LogP contribution in [0.5, 0.6) is 5.75 Å². The Morgan fingerprint density at radius 2 is 1.72 bits per heavy atom. The maximum Gasteiger partial charge on any atom is 0.322 e. The SMILES string of the molecule is COc1ccc2c(c1)C(=O)N(C)C2.O=C1NC(=O)C(C#Cc2ccc(/C(=N/O)N3CCN(C4CCCCC4)CC3)cc2)N1. The molecule has 43 heavy (non-hydrogen) atoms. The molecule has 3 N–H and O–H groups in total. The molecule has 6 rings (SSSR count). The number of methoxy groups -OCH3 is 1. The van der Waals surface area contributed by atoms with Gasteiger partial charge in [0.2, 0.25) is 0 Å². The van der Waals surface area contributed by atoms with Crippen molar-refractivity contribution < 1.29 is 24.3 Å². The molecule has 4 amide bonds. The molecule has 2 saturated heterocycles. The molecule has 1 atom stereocenters. The second kappa shape index (κ2) is 13.6. The number of imide groups is 1. The summed E-state index contributed by atoms with van der Waals surface area (Å²) in [7, 11) is 3.40. The highest BCUT2D eigenvalue weighted by molar-refractivity contribution is 6.06. The van der Waals surface area contributed by atoms with Crippen molar-refractivity contribution in [2.45, 2.75) is 50.7 Å². The van der Waals surface area contributed by atoms with Crippen LogP contribution in [-0.4, -0.2) is 96.0 Å². The first-order valence-corrected chi connectivity index (χ1v) is 14.7. The summed E-state index contributed by atoms with van der Waals surface area (Å²) in [6, 6.07) is 12.3. The van der Waals surface area contributed by atoms with Gasteiger partial charge < -0.3 is 25.1 Å². The van der Waals surface area contributed by atoms with E-state index in [1.807, 2.05) is 36.4 Å². The highest BCUT2D eigenvalue weighted by Gasteiger charge is 2.28. The standard InChI is InChI=1S/C22H27N5O3.C10H11NO2/c28-21-19(23-22(29)24-21)11-8-16-6-9-17(10-7-16)20(25-30)27-14-12-26(13-15-27)18-4-2-1-3-5-18;1-11-6-7-3-4-8(13-2)5-9(7)10(11)12/h6-7,9-10,18-19,30H,1-5,12-15H2,(H2,23,24,28,29);3-5H,6H2,1-2H3/b25-20-;. The molecule has 3 aliphatic heterocycles. The zero-order valence-electron chi connectivity index (χ0n) is 24.6. The zero-order chi connectivity index (χ0) is 30.3. The van der Waals surface area contributed by atoms with Crippen LogP contribution in [0.3, 0.4) is 0 Å². The minimum Gasteiger partial charge on any atom is -0.497 e. The maximum atomic E-state index is 11.5. The van der Waals surface area contributed by atoms with Gasteiger partial charge in [-0.25, -0.2) is 4.79 Å². The summed E-state index contributed by atoms with van der Waals surface area (Å²) in [4.78, 5) is 40.6. The van der Waals surface area contributed by atoms with Gasteiger partial charge in [-0.1, -0.05) is 42.3 Å². The lowest BCUT2D eigenvalue weighted by Crippen LogP contribution is -2.52. The van der Waals surface area contributed by atoms with E-state index >= 15 is 0 Å². The first-order chi connectivity index (χ1) is 20.9. The quantitative estimate of drug-likeness (QED) is 0.126. The van der Waals surface area contributed by atoms with Crippen molar-refractivity contribution in [3.8, 4) is 17.6 Å². The number of carbonyl (C=O) groups excluding carboxylic acids is 3. The van der Waals surface area contributed by atoms with Crippen molar-refractivity contribution in [1.29, 1.82) is 0 Å². The Hall–Kier alpha value is -4.56. The minimum atomic E-state index is -0.827. The van der Waals surface area contributed by atoms with Crippen molar-refractivity contribution in [3.05, 3.63) is 64.7 Å². The molecule has 11 nitrogen and oxygen atoms in total. The summed E-state index contributed by atoms with van der Waals surface area (Å²) < 4.78 is 5.05. The van der Waals surface area contributed by atoms with Crippen LogP contribution in [0, 0.1) is 11.8 Å². The van der Waals surface area contributed by atoms with E-state index < -0.39 is 18.0 Å². The largest absolute Gasteiger partial charge is 0.497 e. The summed E-state index contributed by atoms with van der Waals surface area (Å²) in [6.45, 7) is 4.37. The van der Waals surface area contributed by atoms with E-state index in [1.54, 1.807) is 25.1 Å². The maximum absolute atomic E-state index is 11.5. The van der Waals surface area contributed by atoms with Crippen LogP contribution < -0.4 is 15.4 Å². The number of fused-ring (bicyclic) bond motifs is 1. The molecular formula is C32H38N6O5. The van der Waals surface area contributed by atoms with E-state index in [0.717, 1.165) is 48.6 Å². The summed E-state index contributed by atoms with van der Waals surface area (Å²) >= 11 is 0. The molecule has 11 heteroatoms. The Morgan fingerprint density at radius 1 is 1.00 bits per heavy atom. The fourth-order valence-electron chi connectivity index (χ4n) is 5.98. The third-order valence-corrected chi connectivity index (χ3v) is 8.38. The summed E-state index contributed by atoms with van der Waals surface area (Å²) in [5.74, 6) is 6.59. The van der Waals surface area contributed by atoms with E-state index in [0.29, 0.717) is 24.0 Å². The number of hydrogen-bond donors (Lipinski definition) is 3. The monoisotopic (exact) mass is 586 g/mol. The average Bonchev–Trinajstić information content (AvgIpc) is 3.52. The Bertz CT molecular complexity index is 1430. The van der Waals surface area contributed by atoms with Gasteiger partial charge >= 0.3 is 6.03 Å². The third kappa shape index (κ3) is 7.09. The molecule has 3 fully saturated rings. The number of rotatable bonds is 3. The van der Waals surface area contributed by atoms with Gasteiger partial charge in [0.25, 0.3) is 11.8 Å². The lowest BCUT2D eigenvalue weighted by Gasteiger charge is -2.41. The molecule has 0 radical (unpaired) electrons. The van der Waals surface area contributed by atoms with Crippen LogP contribution in [0.2, 0.25) is 0 Å². The zero-order valence-corrected chi connectivity index (χ0v) is 24.6. The van der Waals surface area contributed by atoms with Crippen LogP contribution in [-0.2, 0) is 11.3 Å². The van der Waals surface area contributed by atoms with Gasteiger partial charge in [-0.2, -0.15) is 0 Å². The lowest BCUT2D eigenvalue weighted by molar-refractivity contribution is -0.119. The number of carbonyl (C=O) groups is 3. The van der Waals surface area contributed by atoms with Crippen molar-refractivity contribution in [2.75, 3.05) is 40.3 Å². The predicted octanol–water partition coefficient (Wildman–Crippen LogP) is 2.61. The van der Waals surface area contributed by atoms with Gasteiger partial charge in [0.15, 0.2) is 11.9 Å². The highest BCUT2D eigenvalue weighted by atomic mass is 16.5. The van der Waals surface area contributed by atoms with E-state index in [2.05, 4.69) is 37.4 Å². The lowest BCUT2D eigenvalue weighted by atomic mass is 9.94. The molecule has 0 aromatic heterocycles. The molecule has 2 aromatic rings. The fourth-order valence-corrected chi connectivity index (χ4v) is 5.98. The molecule has 0 spiro atoms. The summed E-state index contributed by atoms with van der Waals surface area (Å²) in [5, 5.41) is 17.8. The van der Waals surface area contributed by atoms with Crippen LogP contribution in [0.25, 0.3) is 0 Å². The molecule has 1 aliphatic carbocycles. The first kappa shape index (κ1) is 29.9. The van der Waals surface area contributed by atoms with Gasteiger partial charge in [0.05, 0.1) is 7.11 Å². The van der Waals surface area contributed by atoms with Crippen LogP contribution in [0.15, 0.2) is 47.6 Å². The van der Waals surface area contributed by atoms with Crippen molar-refractivity contribution in [3.63, 3.8) is 0 Å². The molecule has 1 unspecified atom stereocenters. The number of nitrogens with one attached hydrogen (secondary N) is 2. The first-order valence-electron chi connectivity index (χ1n) is 14.7. The topological polar surface area (TPSA) is 127 Å². The number of hydrogen-bond acceptors (Lipinski definition) is 7. The third-order valence-electron chi connectivity index (χ3n) is 8.38. The summed E-state index contributed by atoms with van der Waals surface area (Å²) in [5.41, 5.74) is 3.38. The Morgan fingerprint density at radius 3 is 2.35 bits per heavy atom. The van der Waals surface area contributed by atoms with Crippen molar-refractivity contribution >= 4 is 23.7 Å². The molecule has 226 valence electrons. The molecular weight excluding hydrogens is 548 g/mol. The van der Waals surface area contributed by atoms with E-state index in [1.165, 1.54) is 32.1 Å². The van der Waals surface area contributed by atoms with Crippen LogP contribution >= 0.6 is 0 Å². The molecule has 0 bridgehead atoms. The summed E-state index contributed by atoms with van der Waals surface area (Å²) in [6.07, 6.45) is 6.63. The fraction of sp³-hybridized carbons (Fsp3) is 0.438. The smallest absolute Gasteiger partial charge is 0.322 e. The Kier molecular flexibility index (Phi) is 9.47. The minimum absolute atomic E-state index is 0.0777. The molecule has 3 heterocycles. The van der Waals surface area contributed by atoms with Crippen molar-refractivity contribution in [1.82, 2.24) is 25.3 Å². The van der Waals surface area contributed by atoms with E-state index in [4.69, 9.17) is 4.74 Å². The second-order valence-corrected chi connectivity index (χ2v) is 11.2. The predicted molar refractivity (Wildman–Crippen MR) is 161 cm³/mol. The number of amides is 4. The molecule has 2 aromatic carbocycles. The Balaban J connectivity index is 0.000000235. The highest BCUT2D eigenvalue weighted by Crippen LogP contribution is 2.26. The number of ether oxygens (including phenoxy) is 1. The van der Waals surface area contributed by atoms with Crippen molar-refractivity contribution in [2.24, 2.45) is 5.16 Å².